The van der Waals surface area contributed by atoms with E-state index in [2.05, 4.69) is 50.9 Å². The number of hydrogen-bond donors (Lipinski definition) is 2. The van der Waals surface area contributed by atoms with Gasteiger partial charge in [0.25, 0.3) is 0 Å². The van der Waals surface area contributed by atoms with Crippen molar-refractivity contribution in [3.8, 4) is 0 Å². The highest BCUT2D eigenvalue weighted by molar-refractivity contribution is 5.87. The number of aromatic amines is 1. The van der Waals surface area contributed by atoms with E-state index in [1.165, 1.54) is 22.2 Å². The van der Waals surface area contributed by atoms with E-state index in [4.69, 9.17) is 0 Å². The Morgan fingerprint density at radius 3 is 2.56 bits per heavy atom. The van der Waals surface area contributed by atoms with Crippen molar-refractivity contribution in [2.24, 2.45) is 0 Å². The standard InChI is InChI=1S/C14H19NO/c1-9-10(2)15-13-11(9)6-5-7-12(13)14(3,4)8-16/h5-7,15-16H,8H2,1-4H3. The molecule has 2 nitrogen and oxygen atoms in total. The lowest BCUT2D eigenvalue weighted by atomic mass is 9.84. The molecule has 1 aromatic carbocycles. The fourth-order valence-electron chi connectivity index (χ4n) is 2.13. The molecule has 0 amide bonds. The quantitative estimate of drug-likeness (QED) is 0.797. The predicted octanol–water partition coefficient (Wildman–Crippen LogP) is 3.05. The molecule has 0 saturated carbocycles. The third-order valence-corrected chi connectivity index (χ3v) is 3.47. The molecule has 2 rings (SSSR count). The highest BCUT2D eigenvalue weighted by atomic mass is 16.3. The third-order valence-electron chi connectivity index (χ3n) is 3.47. The SMILES string of the molecule is Cc1[nH]c2c(C(C)(C)CO)cccc2c1C. The van der Waals surface area contributed by atoms with Gasteiger partial charge in [0.05, 0.1) is 6.61 Å². The van der Waals surface area contributed by atoms with Crippen molar-refractivity contribution in [1.29, 1.82) is 0 Å². The molecule has 0 atom stereocenters. The molecule has 0 aliphatic rings. The van der Waals surface area contributed by atoms with E-state index in [-0.39, 0.29) is 12.0 Å². The lowest BCUT2D eigenvalue weighted by Gasteiger charge is -2.23. The van der Waals surface area contributed by atoms with E-state index in [1.807, 2.05) is 0 Å². The number of aromatic nitrogens is 1. The number of para-hydroxylation sites is 1. The molecule has 0 fully saturated rings. The first-order valence-electron chi connectivity index (χ1n) is 5.66. The second-order valence-corrected chi connectivity index (χ2v) is 5.15. The normalized spacial score (nSPS) is 12.3. The molecule has 0 saturated heterocycles. The summed E-state index contributed by atoms with van der Waals surface area (Å²) >= 11 is 0. The minimum absolute atomic E-state index is 0.156. The lowest BCUT2D eigenvalue weighted by molar-refractivity contribution is 0.219. The molecule has 0 unspecified atom stereocenters. The monoisotopic (exact) mass is 217 g/mol. The van der Waals surface area contributed by atoms with Crippen molar-refractivity contribution in [2.75, 3.05) is 6.61 Å². The summed E-state index contributed by atoms with van der Waals surface area (Å²) in [5, 5.41) is 10.7. The Labute approximate surface area is 96.3 Å². The first-order valence-corrected chi connectivity index (χ1v) is 5.66. The largest absolute Gasteiger partial charge is 0.395 e. The molecular formula is C14H19NO. The van der Waals surface area contributed by atoms with Crippen LogP contribution in [0, 0.1) is 13.8 Å². The summed E-state index contributed by atoms with van der Waals surface area (Å²) < 4.78 is 0. The van der Waals surface area contributed by atoms with Gasteiger partial charge >= 0.3 is 0 Å². The first-order chi connectivity index (χ1) is 7.47. The third kappa shape index (κ3) is 1.54. The Balaban J connectivity index is 2.77. The van der Waals surface area contributed by atoms with Crippen LogP contribution >= 0.6 is 0 Å². The van der Waals surface area contributed by atoms with Crippen LogP contribution in [-0.4, -0.2) is 16.7 Å². The molecule has 2 aromatic rings. The molecule has 2 N–H and O–H groups in total. The molecule has 86 valence electrons. The Morgan fingerprint density at radius 2 is 1.94 bits per heavy atom. The second kappa shape index (κ2) is 3.63. The van der Waals surface area contributed by atoms with Crippen molar-refractivity contribution in [3.63, 3.8) is 0 Å². The van der Waals surface area contributed by atoms with Crippen LogP contribution in [0.25, 0.3) is 10.9 Å². The zero-order valence-corrected chi connectivity index (χ0v) is 10.4. The maximum atomic E-state index is 9.47. The van der Waals surface area contributed by atoms with Crippen LogP contribution < -0.4 is 0 Å². The number of hydrogen-bond acceptors (Lipinski definition) is 1. The number of nitrogens with one attached hydrogen (secondary N) is 1. The first kappa shape index (κ1) is 11.2. The van der Waals surface area contributed by atoms with Crippen LogP contribution in [0.3, 0.4) is 0 Å². The topological polar surface area (TPSA) is 36.0 Å². The fourth-order valence-corrected chi connectivity index (χ4v) is 2.13. The van der Waals surface area contributed by atoms with Gasteiger partial charge in [0.2, 0.25) is 0 Å². The molecular weight excluding hydrogens is 198 g/mol. The molecule has 16 heavy (non-hydrogen) atoms. The van der Waals surface area contributed by atoms with Gasteiger partial charge in [0.1, 0.15) is 0 Å². The Hall–Kier alpha value is -1.28. The molecule has 1 heterocycles. The van der Waals surface area contributed by atoms with Gasteiger partial charge in [-0.25, -0.2) is 0 Å². The minimum atomic E-state index is -0.205. The number of aliphatic hydroxyl groups excluding tert-OH is 1. The molecule has 2 heteroatoms. The Bertz CT molecular complexity index is 523. The maximum Gasteiger partial charge on any atom is 0.0523 e. The highest BCUT2D eigenvalue weighted by Gasteiger charge is 2.23. The number of aliphatic hydroxyl groups is 1. The van der Waals surface area contributed by atoms with Gasteiger partial charge in [0, 0.05) is 22.0 Å². The number of benzene rings is 1. The van der Waals surface area contributed by atoms with Crippen LogP contribution in [0.5, 0.6) is 0 Å². The number of rotatable bonds is 2. The molecule has 0 aliphatic heterocycles. The molecule has 1 aromatic heterocycles. The van der Waals surface area contributed by atoms with Crippen LogP contribution in [-0.2, 0) is 5.41 Å². The van der Waals surface area contributed by atoms with Crippen molar-refractivity contribution in [3.05, 3.63) is 35.0 Å². The van der Waals surface area contributed by atoms with Crippen LogP contribution in [0.2, 0.25) is 0 Å². The zero-order chi connectivity index (χ0) is 11.9. The number of aryl methyl sites for hydroxylation is 2. The van der Waals surface area contributed by atoms with Crippen LogP contribution in [0.1, 0.15) is 30.7 Å². The van der Waals surface area contributed by atoms with Gasteiger partial charge in [-0.2, -0.15) is 0 Å². The molecule has 0 aliphatic carbocycles. The molecule has 0 radical (unpaired) electrons. The van der Waals surface area contributed by atoms with Gasteiger partial charge in [-0.3, -0.25) is 0 Å². The summed E-state index contributed by atoms with van der Waals surface area (Å²) in [6.45, 7) is 8.50. The van der Waals surface area contributed by atoms with Crippen LogP contribution in [0.15, 0.2) is 18.2 Å². The van der Waals surface area contributed by atoms with E-state index < -0.39 is 0 Å². The van der Waals surface area contributed by atoms with Crippen molar-refractivity contribution >= 4 is 10.9 Å². The van der Waals surface area contributed by atoms with Gasteiger partial charge in [-0.05, 0) is 25.0 Å². The number of H-pyrrole nitrogens is 1. The summed E-state index contributed by atoms with van der Waals surface area (Å²) in [6.07, 6.45) is 0. The minimum Gasteiger partial charge on any atom is -0.395 e. The van der Waals surface area contributed by atoms with Crippen molar-refractivity contribution < 1.29 is 5.11 Å². The average Bonchev–Trinajstić information content (AvgIpc) is 2.55. The summed E-state index contributed by atoms with van der Waals surface area (Å²) in [7, 11) is 0. The van der Waals surface area contributed by atoms with Gasteiger partial charge in [-0.15, -0.1) is 0 Å². The van der Waals surface area contributed by atoms with Gasteiger partial charge < -0.3 is 10.1 Å². The van der Waals surface area contributed by atoms with E-state index >= 15 is 0 Å². The summed E-state index contributed by atoms with van der Waals surface area (Å²) in [5.41, 5.74) is 4.64. The second-order valence-electron chi connectivity index (χ2n) is 5.15. The van der Waals surface area contributed by atoms with E-state index in [0.29, 0.717) is 0 Å². The Kier molecular flexibility index (Phi) is 2.55. The summed E-state index contributed by atoms with van der Waals surface area (Å²) in [5.74, 6) is 0. The van der Waals surface area contributed by atoms with Crippen LogP contribution in [0.4, 0.5) is 0 Å². The smallest absolute Gasteiger partial charge is 0.0523 e. The summed E-state index contributed by atoms with van der Waals surface area (Å²) in [6, 6.07) is 6.29. The lowest BCUT2D eigenvalue weighted by Crippen LogP contribution is -2.22. The average molecular weight is 217 g/mol. The number of fused-ring (bicyclic) bond motifs is 1. The highest BCUT2D eigenvalue weighted by Crippen LogP contribution is 2.31. The predicted molar refractivity (Wildman–Crippen MR) is 67.9 cm³/mol. The van der Waals surface area contributed by atoms with Crippen molar-refractivity contribution in [1.82, 2.24) is 4.98 Å². The molecule has 0 spiro atoms. The molecule has 0 bridgehead atoms. The van der Waals surface area contributed by atoms with Crippen molar-refractivity contribution in [2.45, 2.75) is 33.1 Å². The van der Waals surface area contributed by atoms with E-state index in [9.17, 15) is 5.11 Å². The maximum absolute atomic E-state index is 9.47. The van der Waals surface area contributed by atoms with E-state index in [0.717, 1.165) is 5.52 Å². The summed E-state index contributed by atoms with van der Waals surface area (Å²) in [4.78, 5) is 3.42. The fraction of sp³-hybridized carbons (Fsp3) is 0.429. The van der Waals surface area contributed by atoms with Gasteiger partial charge in [-0.1, -0.05) is 32.0 Å². The zero-order valence-electron chi connectivity index (χ0n) is 10.4. The Morgan fingerprint density at radius 1 is 1.25 bits per heavy atom. The van der Waals surface area contributed by atoms with Gasteiger partial charge in [0.15, 0.2) is 0 Å². The van der Waals surface area contributed by atoms with E-state index in [1.54, 1.807) is 0 Å².